The Labute approximate surface area is 92.0 Å². The maximum atomic E-state index is 10.5. The van der Waals surface area contributed by atoms with Crippen molar-refractivity contribution in [1.29, 1.82) is 0 Å². The zero-order valence-corrected chi connectivity index (χ0v) is 9.87. The summed E-state index contributed by atoms with van der Waals surface area (Å²) in [5.41, 5.74) is 0.510. The smallest absolute Gasteiger partial charge is 0.331 e. The van der Waals surface area contributed by atoms with Crippen molar-refractivity contribution in [2.75, 3.05) is 0 Å². The molecule has 2 nitrogen and oxygen atoms in total. The van der Waals surface area contributed by atoms with Crippen LogP contribution in [0.2, 0.25) is 0 Å². The van der Waals surface area contributed by atoms with Gasteiger partial charge < -0.3 is 5.11 Å². The fourth-order valence-corrected chi connectivity index (χ4v) is 3.22. The first kappa shape index (κ1) is 9.50. The molecule has 0 saturated carbocycles. The molecule has 11 heavy (non-hydrogen) atoms. The molecule has 0 amide bonds. The monoisotopic (exact) mass is 376 g/mol. The number of allylic oxidation sites excluding steroid dienone is 3. The molecule has 0 radical (unpaired) electrons. The summed E-state index contributed by atoms with van der Waals surface area (Å²) in [6, 6.07) is 0. The van der Waals surface area contributed by atoms with Gasteiger partial charge in [0.1, 0.15) is 0 Å². The highest BCUT2D eigenvalue weighted by Crippen LogP contribution is 2.26. The van der Waals surface area contributed by atoms with E-state index in [0.29, 0.717) is 15.9 Å². The Balaban J connectivity index is 2.84. The maximum absolute atomic E-state index is 10.5. The molecule has 1 N–H and O–H groups in total. The molecule has 60 valence electrons. The van der Waals surface area contributed by atoms with Gasteiger partial charge in [0.25, 0.3) is 0 Å². The fraction of sp³-hybridized carbons (Fsp3) is 0.286. The predicted molar refractivity (Wildman–Crippen MR) is 60.2 cm³/mol. The van der Waals surface area contributed by atoms with Crippen LogP contribution >= 0.6 is 45.2 Å². The minimum Gasteiger partial charge on any atom is -0.478 e. The Hall–Kier alpha value is 0.410. The molecule has 1 atom stereocenters. The van der Waals surface area contributed by atoms with E-state index in [9.17, 15) is 4.79 Å². The summed E-state index contributed by atoms with van der Waals surface area (Å²) in [6.45, 7) is 0. The third-order valence-corrected chi connectivity index (χ3v) is 2.81. The molecular formula is C7H6I2O2. The van der Waals surface area contributed by atoms with Gasteiger partial charge in [-0.25, -0.2) is 4.79 Å². The quantitative estimate of drug-likeness (QED) is 0.565. The minimum atomic E-state index is -0.797. The van der Waals surface area contributed by atoms with Crippen molar-refractivity contribution in [3.8, 4) is 0 Å². The number of alkyl halides is 1. The van der Waals surface area contributed by atoms with E-state index in [-0.39, 0.29) is 0 Å². The van der Waals surface area contributed by atoms with E-state index >= 15 is 0 Å². The van der Waals surface area contributed by atoms with Gasteiger partial charge in [0.15, 0.2) is 0 Å². The number of rotatable bonds is 1. The Kier molecular flexibility index (Phi) is 3.35. The second-order valence-electron chi connectivity index (χ2n) is 2.25. The van der Waals surface area contributed by atoms with Gasteiger partial charge in [-0.3, -0.25) is 0 Å². The van der Waals surface area contributed by atoms with Gasteiger partial charge in [-0.15, -0.1) is 0 Å². The highest BCUT2D eigenvalue weighted by atomic mass is 127. The van der Waals surface area contributed by atoms with Crippen LogP contribution in [0, 0.1) is 0 Å². The molecule has 0 spiro atoms. The van der Waals surface area contributed by atoms with E-state index in [2.05, 4.69) is 51.3 Å². The van der Waals surface area contributed by atoms with Gasteiger partial charge in [0, 0.05) is 13.1 Å². The Morgan fingerprint density at radius 1 is 1.73 bits per heavy atom. The van der Waals surface area contributed by atoms with Gasteiger partial charge in [-0.1, -0.05) is 28.7 Å². The summed E-state index contributed by atoms with van der Waals surface area (Å²) in [5.74, 6) is -0.797. The lowest BCUT2D eigenvalue weighted by atomic mass is 10.1. The van der Waals surface area contributed by atoms with Crippen LogP contribution in [0.15, 0.2) is 21.3 Å². The van der Waals surface area contributed by atoms with Crippen molar-refractivity contribution >= 4 is 51.2 Å². The molecule has 0 fully saturated rings. The van der Waals surface area contributed by atoms with Crippen molar-refractivity contribution in [1.82, 2.24) is 0 Å². The molecule has 1 aliphatic rings. The lowest BCUT2D eigenvalue weighted by molar-refractivity contribution is -0.132. The molecule has 4 heteroatoms. The lowest BCUT2D eigenvalue weighted by Crippen LogP contribution is -2.09. The van der Waals surface area contributed by atoms with Crippen LogP contribution in [-0.4, -0.2) is 15.0 Å². The van der Waals surface area contributed by atoms with E-state index in [1.165, 1.54) is 0 Å². The first-order chi connectivity index (χ1) is 5.09. The van der Waals surface area contributed by atoms with Crippen molar-refractivity contribution in [2.24, 2.45) is 0 Å². The third-order valence-electron chi connectivity index (χ3n) is 1.34. The molecule has 1 unspecified atom stereocenters. The van der Waals surface area contributed by atoms with Crippen LogP contribution in [0.3, 0.4) is 0 Å². The minimum absolute atomic E-state index is 0.329. The average Bonchev–Trinajstić information content (AvgIpc) is 1.85. The molecule has 0 saturated heterocycles. The molecule has 0 heterocycles. The number of aliphatic carboxylic acids is 1. The summed E-state index contributed by atoms with van der Waals surface area (Å²) < 4.78 is 1.35. The Morgan fingerprint density at radius 3 is 2.82 bits per heavy atom. The molecule has 0 aliphatic heterocycles. The summed E-state index contributed by atoms with van der Waals surface area (Å²) >= 11 is 4.37. The summed E-state index contributed by atoms with van der Waals surface area (Å²) in [6.07, 6.45) is 4.42. The normalized spacial score (nSPS) is 24.0. The molecular weight excluding hydrogens is 370 g/mol. The summed E-state index contributed by atoms with van der Waals surface area (Å²) in [7, 11) is 0. The average molecular weight is 376 g/mol. The standard InChI is InChI=1S/C7H6I2O2/c8-5-1-4(7(10)11)2-6(9)3-5/h1,3,6H,2H2,(H,10,11). The zero-order chi connectivity index (χ0) is 8.43. The van der Waals surface area contributed by atoms with Gasteiger partial charge in [0.2, 0.25) is 0 Å². The molecule has 0 aromatic rings. The number of carboxylic acids is 1. The van der Waals surface area contributed by atoms with Crippen LogP contribution in [0.5, 0.6) is 0 Å². The highest BCUT2D eigenvalue weighted by molar-refractivity contribution is 14.1. The van der Waals surface area contributed by atoms with Crippen LogP contribution < -0.4 is 0 Å². The number of hydrogen-bond acceptors (Lipinski definition) is 1. The van der Waals surface area contributed by atoms with E-state index in [1.807, 2.05) is 0 Å². The van der Waals surface area contributed by atoms with Crippen molar-refractivity contribution in [3.63, 3.8) is 0 Å². The van der Waals surface area contributed by atoms with Crippen LogP contribution in [0.25, 0.3) is 0 Å². The van der Waals surface area contributed by atoms with E-state index in [4.69, 9.17) is 5.11 Å². The van der Waals surface area contributed by atoms with E-state index < -0.39 is 5.97 Å². The highest BCUT2D eigenvalue weighted by Gasteiger charge is 2.16. The molecule has 1 rings (SSSR count). The summed E-state index contributed by atoms with van der Waals surface area (Å²) in [4.78, 5) is 10.5. The fourth-order valence-electron chi connectivity index (χ4n) is 0.864. The van der Waals surface area contributed by atoms with Gasteiger partial charge in [-0.05, 0) is 35.1 Å². The van der Waals surface area contributed by atoms with E-state index in [1.54, 1.807) is 6.08 Å². The number of hydrogen-bond donors (Lipinski definition) is 1. The second kappa shape index (κ2) is 3.88. The zero-order valence-electron chi connectivity index (χ0n) is 5.55. The molecule has 0 bridgehead atoms. The first-order valence-corrected chi connectivity index (χ1v) is 5.37. The van der Waals surface area contributed by atoms with Crippen molar-refractivity contribution in [3.05, 3.63) is 21.3 Å². The predicted octanol–water partition coefficient (Wildman–Crippen LogP) is 2.52. The van der Waals surface area contributed by atoms with Crippen molar-refractivity contribution in [2.45, 2.75) is 10.3 Å². The largest absolute Gasteiger partial charge is 0.478 e. The van der Waals surface area contributed by atoms with Gasteiger partial charge >= 0.3 is 5.97 Å². The molecule has 1 aliphatic carbocycles. The van der Waals surface area contributed by atoms with Crippen LogP contribution in [-0.2, 0) is 4.79 Å². The van der Waals surface area contributed by atoms with Gasteiger partial charge in [-0.2, -0.15) is 0 Å². The number of carbonyl (C=O) groups is 1. The summed E-state index contributed by atoms with van der Waals surface area (Å²) in [5, 5.41) is 8.67. The van der Waals surface area contributed by atoms with E-state index in [0.717, 1.165) is 3.58 Å². The van der Waals surface area contributed by atoms with Gasteiger partial charge in [0.05, 0.1) is 0 Å². The third kappa shape index (κ3) is 2.73. The van der Waals surface area contributed by atoms with Crippen LogP contribution in [0.1, 0.15) is 6.42 Å². The van der Waals surface area contributed by atoms with Crippen molar-refractivity contribution < 1.29 is 9.90 Å². The second-order valence-corrected chi connectivity index (χ2v) is 5.09. The number of carboxylic acid groups (broad SMARTS) is 1. The SMILES string of the molecule is O=C(O)C1=CC(I)=CC(I)C1. The molecule has 0 aromatic carbocycles. The Morgan fingerprint density at radius 2 is 2.36 bits per heavy atom. The lowest BCUT2D eigenvalue weighted by Gasteiger charge is -2.11. The molecule has 0 aromatic heterocycles. The topological polar surface area (TPSA) is 37.3 Å². The number of halogens is 2. The van der Waals surface area contributed by atoms with Crippen LogP contribution in [0.4, 0.5) is 0 Å². The Bertz CT molecular complexity index is 243. The maximum Gasteiger partial charge on any atom is 0.331 e. The first-order valence-electron chi connectivity index (χ1n) is 3.05.